The molecular weight excluding hydrogens is 413 g/mol. The first kappa shape index (κ1) is 21.0. The molecule has 2 aromatic heterocycles. The van der Waals surface area contributed by atoms with Gasteiger partial charge in [-0.2, -0.15) is 10.2 Å². The van der Waals surface area contributed by atoms with E-state index in [0.717, 1.165) is 11.3 Å². The molecule has 162 valence electrons. The van der Waals surface area contributed by atoms with Gasteiger partial charge in [0.05, 0.1) is 25.0 Å². The first-order valence-corrected chi connectivity index (χ1v) is 9.85. The van der Waals surface area contributed by atoms with Crippen LogP contribution in [0, 0.1) is 5.82 Å². The van der Waals surface area contributed by atoms with Gasteiger partial charge in [0.1, 0.15) is 17.3 Å². The summed E-state index contributed by atoms with van der Waals surface area (Å²) in [5.41, 5.74) is 2.69. The van der Waals surface area contributed by atoms with Crippen molar-refractivity contribution in [2.24, 2.45) is 0 Å². The van der Waals surface area contributed by atoms with E-state index in [4.69, 9.17) is 4.74 Å². The third-order valence-electron chi connectivity index (χ3n) is 4.82. The van der Waals surface area contributed by atoms with Crippen molar-refractivity contribution in [3.8, 4) is 28.3 Å². The highest BCUT2D eigenvalue weighted by molar-refractivity contribution is 5.93. The highest BCUT2D eigenvalue weighted by Gasteiger charge is 2.11. The molecule has 8 nitrogen and oxygen atoms in total. The summed E-state index contributed by atoms with van der Waals surface area (Å²) in [5, 5.41) is 13.9. The molecule has 4 rings (SSSR count). The van der Waals surface area contributed by atoms with Crippen molar-refractivity contribution in [2.45, 2.75) is 6.54 Å². The predicted molar refractivity (Wildman–Crippen MR) is 117 cm³/mol. The molecule has 0 saturated heterocycles. The summed E-state index contributed by atoms with van der Waals surface area (Å²) in [6, 6.07) is 17.8. The second-order valence-corrected chi connectivity index (χ2v) is 6.94. The molecule has 2 N–H and O–H groups in total. The van der Waals surface area contributed by atoms with Crippen molar-refractivity contribution in [3.63, 3.8) is 0 Å². The van der Waals surface area contributed by atoms with Crippen LogP contribution in [0.1, 0.15) is 10.5 Å². The van der Waals surface area contributed by atoms with Crippen LogP contribution >= 0.6 is 0 Å². The quantitative estimate of drug-likeness (QED) is 0.467. The number of nitrogens with one attached hydrogen (secondary N) is 2. The van der Waals surface area contributed by atoms with Crippen LogP contribution in [0.25, 0.3) is 22.5 Å². The van der Waals surface area contributed by atoms with E-state index in [1.165, 1.54) is 22.9 Å². The molecule has 9 heteroatoms. The zero-order chi connectivity index (χ0) is 22.5. The van der Waals surface area contributed by atoms with Gasteiger partial charge in [-0.1, -0.05) is 0 Å². The van der Waals surface area contributed by atoms with Crippen molar-refractivity contribution < 1.29 is 13.9 Å². The third kappa shape index (κ3) is 4.72. The number of halogens is 1. The van der Waals surface area contributed by atoms with Crippen molar-refractivity contribution in [2.75, 3.05) is 13.7 Å². The van der Waals surface area contributed by atoms with E-state index < -0.39 is 0 Å². The van der Waals surface area contributed by atoms with Crippen LogP contribution in [0.5, 0.6) is 5.75 Å². The van der Waals surface area contributed by atoms with Crippen LogP contribution in [0.15, 0.2) is 71.5 Å². The SMILES string of the molecule is COc1ccc(-c2ccc(=O)n(CCNC(=O)c3cc(-c4ccc(F)cc4)n[nH]3)n2)cc1. The summed E-state index contributed by atoms with van der Waals surface area (Å²) in [7, 11) is 1.59. The molecule has 0 atom stereocenters. The van der Waals surface area contributed by atoms with Crippen LogP contribution in [0.4, 0.5) is 4.39 Å². The maximum Gasteiger partial charge on any atom is 0.269 e. The highest BCUT2D eigenvalue weighted by atomic mass is 19.1. The number of rotatable bonds is 7. The van der Waals surface area contributed by atoms with Gasteiger partial charge in [-0.15, -0.1) is 0 Å². The fraction of sp³-hybridized carbons (Fsp3) is 0.130. The van der Waals surface area contributed by atoms with E-state index in [1.807, 2.05) is 24.3 Å². The Labute approximate surface area is 182 Å². The number of aromatic nitrogens is 4. The monoisotopic (exact) mass is 433 g/mol. The van der Waals surface area contributed by atoms with Crippen LogP contribution < -0.4 is 15.6 Å². The Morgan fingerprint density at radius 2 is 1.72 bits per heavy atom. The second-order valence-electron chi connectivity index (χ2n) is 6.94. The maximum atomic E-state index is 13.1. The number of benzene rings is 2. The molecule has 0 unspecified atom stereocenters. The number of amides is 1. The van der Waals surface area contributed by atoms with Gasteiger partial charge in [-0.3, -0.25) is 14.7 Å². The van der Waals surface area contributed by atoms with E-state index in [1.54, 1.807) is 31.4 Å². The number of hydrogen-bond acceptors (Lipinski definition) is 5. The minimum Gasteiger partial charge on any atom is -0.497 e. The fourth-order valence-corrected chi connectivity index (χ4v) is 3.10. The smallest absolute Gasteiger partial charge is 0.269 e. The number of H-pyrrole nitrogens is 1. The molecule has 0 radical (unpaired) electrons. The average Bonchev–Trinajstić information content (AvgIpc) is 3.31. The van der Waals surface area contributed by atoms with Gasteiger partial charge in [0, 0.05) is 23.7 Å². The average molecular weight is 433 g/mol. The van der Waals surface area contributed by atoms with Gasteiger partial charge in [0.25, 0.3) is 11.5 Å². The van der Waals surface area contributed by atoms with Gasteiger partial charge in [0.15, 0.2) is 0 Å². The number of carbonyl (C=O) groups excluding carboxylic acids is 1. The number of hydrogen-bond donors (Lipinski definition) is 2. The van der Waals surface area contributed by atoms with Crippen molar-refractivity contribution >= 4 is 5.91 Å². The van der Waals surface area contributed by atoms with Gasteiger partial charge < -0.3 is 10.1 Å². The zero-order valence-electron chi connectivity index (χ0n) is 17.2. The lowest BCUT2D eigenvalue weighted by molar-refractivity contribution is 0.0946. The lowest BCUT2D eigenvalue weighted by Gasteiger charge is -2.08. The van der Waals surface area contributed by atoms with E-state index in [-0.39, 0.29) is 36.1 Å². The summed E-state index contributed by atoms with van der Waals surface area (Å²) in [4.78, 5) is 24.6. The molecule has 4 aromatic rings. The molecule has 0 fully saturated rings. The topological polar surface area (TPSA) is 102 Å². The zero-order valence-corrected chi connectivity index (χ0v) is 17.2. The molecule has 0 saturated carbocycles. The highest BCUT2D eigenvalue weighted by Crippen LogP contribution is 2.20. The molecule has 0 spiro atoms. The first-order chi connectivity index (χ1) is 15.5. The number of methoxy groups -OCH3 is 1. The van der Waals surface area contributed by atoms with Gasteiger partial charge in [0.2, 0.25) is 0 Å². The molecule has 0 aliphatic carbocycles. The minimum atomic E-state index is -0.370. The molecule has 32 heavy (non-hydrogen) atoms. The number of ether oxygens (including phenoxy) is 1. The van der Waals surface area contributed by atoms with Crippen molar-refractivity contribution in [3.05, 3.63) is 88.6 Å². The Kier molecular flexibility index (Phi) is 6.07. The molecule has 0 aliphatic rings. The Balaban J connectivity index is 1.39. The summed E-state index contributed by atoms with van der Waals surface area (Å²) in [5.74, 6) is 0.0126. The molecule has 0 bridgehead atoms. The number of nitrogens with zero attached hydrogens (tertiary/aromatic N) is 3. The van der Waals surface area contributed by atoms with Crippen molar-refractivity contribution in [1.29, 1.82) is 0 Å². The summed E-state index contributed by atoms with van der Waals surface area (Å²) in [6.07, 6.45) is 0. The fourth-order valence-electron chi connectivity index (χ4n) is 3.10. The summed E-state index contributed by atoms with van der Waals surface area (Å²) in [6.45, 7) is 0.399. The molecule has 2 heterocycles. The summed E-state index contributed by atoms with van der Waals surface area (Å²) < 4.78 is 19.5. The van der Waals surface area contributed by atoms with E-state index in [2.05, 4.69) is 20.6 Å². The molecule has 1 amide bonds. The van der Waals surface area contributed by atoms with Gasteiger partial charge >= 0.3 is 0 Å². The Morgan fingerprint density at radius 3 is 2.44 bits per heavy atom. The van der Waals surface area contributed by atoms with E-state index >= 15 is 0 Å². The Morgan fingerprint density at radius 1 is 1.03 bits per heavy atom. The first-order valence-electron chi connectivity index (χ1n) is 9.85. The number of carbonyl (C=O) groups is 1. The summed E-state index contributed by atoms with van der Waals surface area (Å²) >= 11 is 0. The predicted octanol–water partition coefficient (Wildman–Crippen LogP) is 2.88. The van der Waals surface area contributed by atoms with E-state index in [9.17, 15) is 14.0 Å². The van der Waals surface area contributed by atoms with Crippen LogP contribution in [-0.4, -0.2) is 39.5 Å². The van der Waals surface area contributed by atoms with Gasteiger partial charge in [-0.25, -0.2) is 9.07 Å². The molecule has 2 aromatic carbocycles. The normalized spacial score (nSPS) is 10.7. The largest absolute Gasteiger partial charge is 0.497 e. The molecule has 0 aliphatic heterocycles. The molecular formula is C23H20FN5O3. The minimum absolute atomic E-state index is 0.197. The maximum absolute atomic E-state index is 13.1. The number of aromatic amines is 1. The lowest BCUT2D eigenvalue weighted by atomic mass is 10.1. The van der Waals surface area contributed by atoms with Crippen LogP contribution in [-0.2, 0) is 6.54 Å². The van der Waals surface area contributed by atoms with Crippen molar-refractivity contribution in [1.82, 2.24) is 25.3 Å². The Bertz CT molecular complexity index is 1280. The van der Waals surface area contributed by atoms with Gasteiger partial charge in [-0.05, 0) is 60.7 Å². The standard InChI is InChI=1S/C23H20FN5O3/c1-32-18-8-4-15(5-9-18)19-10-11-22(30)29(28-19)13-12-25-23(31)21-14-20(26-27-21)16-2-6-17(24)7-3-16/h2-11,14H,12-13H2,1H3,(H,25,31)(H,26,27). The Hall–Kier alpha value is -4.27. The van der Waals surface area contributed by atoms with E-state index in [0.29, 0.717) is 17.0 Å². The lowest BCUT2D eigenvalue weighted by Crippen LogP contribution is -2.32. The third-order valence-corrected chi connectivity index (χ3v) is 4.82. The van der Waals surface area contributed by atoms with Crippen LogP contribution in [0.3, 0.4) is 0 Å². The van der Waals surface area contributed by atoms with Crippen LogP contribution in [0.2, 0.25) is 0 Å². The second kappa shape index (κ2) is 9.25.